The molecule has 1 N–H and O–H groups in total. The first-order valence-corrected chi connectivity index (χ1v) is 16.0. The number of anilines is 1. The Labute approximate surface area is 256 Å². The molecule has 1 aliphatic carbocycles. The van der Waals surface area contributed by atoms with Crippen molar-refractivity contribution in [2.75, 3.05) is 10.8 Å². The molecule has 1 aliphatic rings. The fraction of sp³-hybridized carbons (Fsp3) is 0.333. The molecule has 1 unspecified atom stereocenters. The molecule has 1 fully saturated rings. The fourth-order valence-electron chi connectivity index (χ4n) is 4.85. The Morgan fingerprint density at radius 2 is 1.54 bits per heavy atom. The summed E-state index contributed by atoms with van der Waals surface area (Å²) in [6.07, 6.45) is 5.01. The van der Waals surface area contributed by atoms with E-state index >= 15 is 0 Å². The normalized spacial score (nSPS) is 14.7. The highest BCUT2D eigenvalue weighted by atomic mass is 35.5. The first-order chi connectivity index (χ1) is 19.6. The predicted octanol–water partition coefficient (Wildman–Crippen LogP) is 6.71. The van der Waals surface area contributed by atoms with Gasteiger partial charge in [-0.1, -0.05) is 84.4 Å². The molecule has 0 aliphatic heterocycles. The van der Waals surface area contributed by atoms with Gasteiger partial charge in [-0.05, 0) is 67.8 Å². The van der Waals surface area contributed by atoms with Gasteiger partial charge in [0.05, 0.1) is 15.6 Å². The summed E-state index contributed by atoms with van der Waals surface area (Å²) < 4.78 is 28.7. The van der Waals surface area contributed by atoms with Crippen LogP contribution in [0.2, 0.25) is 15.1 Å². The van der Waals surface area contributed by atoms with Crippen LogP contribution in [0.1, 0.15) is 44.6 Å². The lowest BCUT2D eigenvalue weighted by Gasteiger charge is -2.33. The molecule has 0 saturated heterocycles. The van der Waals surface area contributed by atoms with Crippen LogP contribution in [-0.4, -0.2) is 43.8 Å². The van der Waals surface area contributed by atoms with E-state index in [9.17, 15) is 18.0 Å². The molecule has 11 heteroatoms. The first kappa shape index (κ1) is 31.2. The van der Waals surface area contributed by atoms with Crippen LogP contribution in [0.15, 0.2) is 77.7 Å². The van der Waals surface area contributed by atoms with Crippen LogP contribution in [0.5, 0.6) is 0 Å². The molecule has 0 radical (unpaired) electrons. The molecule has 0 heterocycles. The van der Waals surface area contributed by atoms with Gasteiger partial charge in [0.25, 0.3) is 10.0 Å². The van der Waals surface area contributed by atoms with Gasteiger partial charge in [-0.15, -0.1) is 0 Å². The second-order valence-electron chi connectivity index (χ2n) is 10.1. The Hall–Kier alpha value is -2.78. The van der Waals surface area contributed by atoms with Gasteiger partial charge in [-0.25, -0.2) is 8.42 Å². The lowest BCUT2D eigenvalue weighted by Crippen LogP contribution is -2.53. The van der Waals surface area contributed by atoms with Crippen LogP contribution in [0.4, 0.5) is 5.69 Å². The Bertz CT molecular complexity index is 1460. The summed E-state index contributed by atoms with van der Waals surface area (Å²) >= 11 is 18.6. The number of carbonyl (C=O) groups excluding carboxylic acids is 2. The zero-order valence-corrected chi connectivity index (χ0v) is 25.7. The maximum atomic E-state index is 14.0. The van der Waals surface area contributed by atoms with Crippen LogP contribution in [0.25, 0.3) is 0 Å². The van der Waals surface area contributed by atoms with Crippen molar-refractivity contribution < 1.29 is 18.0 Å². The van der Waals surface area contributed by atoms with E-state index in [0.29, 0.717) is 10.0 Å². The van der Waals surface area contributed by atoms with Crippen molar-refractivity contribution in [2.24, 2.45) is 0 Å². The van der Waals surface area contributed by atoms with Gasteiger partial charge in [0, 0.05) is 22.6 Å². The van der Waals surface area contributed by atoms with Gasteiger partial charge < -0.3 is 10.2 Å². The molecule has 218 valence electrons. The number of rotatable bonds is 10. The Morgan fingerprint density at radius 1 is 0.902 bits per heavy atom. The summed E-state index contributed by atoms with van der Waals surface area (Å²) in [5, 5.41) is 4.00. The molecule has 2 amide bonds. The van der Waals surface area contributed by atoms with Gasteiger partial charge in [0.2, 0.25) is 11.8 Å². The van der Waals surface area contributed by atoms with E-state index in [2.05, 4.69) is 5.32 Å². The average Bonchev–Trinajstić information content (AvgIpc) is 2.96. The maximum absolute atomic E-state index is 14.0. The topological polar surface area (TPSA) is 86.8 Å². The Morgan fingerprint density at radius 3 is 2.17 bits per heavy atom. The number of halogens is 3. The minimum atomic E-state index is -4.22. The first-order valence-electron chi connectivity index (χ1n) is 13.4. The third-order valence-electron chi connectivity index (χ3n) is 7.17. The zero-order valence-electron chi connectivity index (χ0n) is 22.6. The van der Waals surface area contributed by atoms with Gasteiger partial charge in [0.1, 0.15) is 12.6 Å². The summed E-state index contributed by atoms with van der Waals surface area (Å²) in [5.74, 6) is -0.863. The molecular weight excluding hydrogens is 605 g/mol. The molecule has 4 rings (SSSR count). The van der Waals surface area contributed by atoms with Crippen LogP contribution >= 0.6 is 34.8 Å². The van der Waals surface area contributed by atoms with Crippen LogP contribution in [0.3, 0.4) is 0 Å². The number of nitrogens with zero attached hydrogens (tertiary/aromatic N) is 2. The highest BCUT2D eigenvalue weighted by molar-refractivity contribution is 7.92. The molecule has 1 atom stereocenters. The molecule has 1 saturated carbocycles. The zero-order chi connectivity index (χ0) is 29.6. The molecule has 3 aromatic carbocycles. The number of nitrogens with one attached hydrogen (secondary N) is 1. The minimum Gasteiger partial charge on any atom is -0.352 e. The van der Waals surface area contributed by atoms with E-state index in [-0.39, 0.29) is 34.1 Å². The molecule has 0 spiro atoms. The minimum absolute atomic E-state index is 0.00819. The largest absolute Gasteiger partial charge is 0.352 e. The summed E-state index contributed by atoms with van der Waals surface area (Å²) in [6, 6.07) is 18.3. The van der Waals surface area contributed by atoms with Crippen molar-refractivity contribution in [3.05, 3.63) is 93.4 Å². The van der Waals surface area contributed by atoms with Gasteiger partial charge in [0.15, 0.2) is 0 Å². The van der Waals surface area contributed by atoms with Crippen molar-refractivity contribution in [3.8, 4) is 0 Å². The van der Waals surface area contributed by atoms with Gasteiger partial charge >= 0.3 is 0 Å². The monoisotopic (exact) mass is 635 g/mol. The number of amides is 2. The predicted molar refractivity (Wildman–Crippen MR) is 164 cm³/mol. The highest BCUT2D eigenvalue weighted by Crippen LogP contribution is 2.33. The molecule has 3 aromatic rings. The molecular formula is C30H32Cl3N3O4S. The summed E-state index contributed by atoms with van der Waals surface area (Å²) in [6.45, 7) is 1.13. The van der Waals surface area contributed by atoms with E-state index in [1.165, 1.54) is 35.2 Å². The highest BCUT2D eigenvalue weighted by Gasteiger charge is 2.34. The average molecular weight is 637 g/mol. The van der Waals surface area contributed by atoms with E-state index in [4.69, 9.17) is 34.8 Å². The summed E-state index contributed by atoms with van der Waals surface area (Å²) in [7, 11) is -4.22. The molecule has 0 bridgehead atoms. The van der Waals surface area contributed by atoms with E-state index in [0.717, 1.165) is 42.0 Å². The standard InChI is InChI=1S/C30H32Cl3N3O4S/c1-21(30(38)34-25-8-4-2-5-9-25)35(19-22-12-14-23(31)15-13-22)29(37)20-36(28-17-16-24(32)18-27(28)33)41(39,40)26-10-6-3-7-11-26/h3,6-7,10-18,21,25H,2,4-5,8-9,19-20H2,1H3,(H,34,38). The maximum Gasteiger partial charge on any atom is 0.264 e. The number of sulfonamides is 1. The number of benzene rings is 3. The quantitative estimate of drug-likeness (QED) is 0.268. The molecule has 0 aromatic heterocycles. The van der Waals surface area contributed by atoms with Crippen molar-refractivity contribution in [1.29, 1.82) is 0 Å². The lowest BCUT2D eigenvalue weighted by atomic mass is 9.95. The lowest BCUT2D eigenvalue weighted by molar-refractivity contribution is -0.139. The van der Waals surface area contributed by atoms with Crippen LogP contribution in [0, 0.1) is 0 Å². The number of hydrogen-bond acceptors (Lipinski definition) is 4. The van der Waals surface area contributed by atoms with Crippen molar-refractivity contribution >= 4 is 62.3 Å². The van der Waals surface area contributed by atoms with Crippen molar-refractivity contribution in [3.63, 3.8) is 0 Å². The van der Waals surface area contributed by atoms with Crippen LogP contribution < -0.4 is 9.62 Å². The third kappa shape index (κ3) is 7.95. The SMILES string of the molecule is CC(C(=O)NC1CCCCC1)N(Cc1ccc(Cl)cc1)C(=O)CN(c1ccc(Cl)cc1Cl)S(=O)(=O)c1ccccc1. The Kier molecular flexibility index (Phi) is 10.6. The van der Waals surface area contributed by atoms with E-state index in [1.54, 1.807) is 49.4 Å². The van der Waals surface area contributed by atoms with Gasteiger partial charge in [-0.3, -0.25) is 13.9 Å². The number of hydrogen-bond donors (Lipinski definition) is 1. The van der Waals surface area contributed by atoms with Gasteiger partial charge in [-0.2, -0.15) is 0 Å². The summed E-state index contributed by atoms with van der Waals surface area (Å²) in [4.78, 5) is 28.8. The third-order valence-corrected chi connectivity index (χ3v) is 9.74. The van der Waals surface area contributed by atoms with Crippen LogP contribution in [-0.2, 0) is 26.2 Å². The second kappa shape index (κ2) is 13.9. The molecule has 7 nitrogen and oxygen atoms in total. The Balaban J connectivity index is 1.69. The van der Waals surface area contributed by atoms with E-state index < -0.39 is 28.5 Å². The van der Waals surface area contributed by atoms with E-state index in [1.807, 2.05) is 0 Å². The van der Waals surface area contributed by atoms with Crippen molar-refractivity contribution in [1.82, 2.24) is 10.2 Å². The smallest absolute Gasteiger partial charge is 0.264 e. The second-order valence-corrected chi connectivity index (χ2v) is 13.2. The molecule has 41 heavy (non-hydrogen) atoms. The van der Waals surface area contributed by atoms with Crippen molar-refractivity contribution in [2.45, 2.75) is 62.6 Å². The summed E-state index contributed by atoms with van der Waals surface area (Å²) in [5.41, 5.74) is 0.834. The number of carbonyl (C=O) groups is 2. The fourth-order valence-corrected chi connectivity index (χ4v) is 7.00.